The largest absolute Gasteiger partial charge is 0.261 e. The van der Waals surface area contributed by atoms with Crippen LogP contribution in [0.3, 0.4) is 0 Å². The van der Waals surface area contributed by atoms with Gasteiger partial charge in [-0.1, -0.05) is 26.8 Å². The first kappa shape index (κ1) is 9.24. The van der Waals surface area contributed by atoms with Crippen LogP contribution in [0.1, 0.15) is 37.9 Å². The van der Waals surface area contributed by atoms with Crippen molar-refractivity contribution in [3.63, 3.8) is 0 Å². The minimum absolute atomic E-state index is 0.561. The van der Waals surface area contributed by atoms with Crippen molar-refractivity contribution in [3.05, 3.63) is 29.6 Å². The molecule has 1 aromatic heterocycles. The summed E-state index contributed by atoms with van der Waals surface area (Å²) in [7, 11) is 0. The zero-order chi connectivity index (χ0) is 9.14. The number of aromatic nitrogens is 1. The molecular formula is C11H17N. The van der Waals surface area contributed by atoms with Gasteiger partial charge >= 0.3 is 0 Å². The molecular weight excluding hydrogens is 146 g/mol. The Bertz CT molecular complexity index is 236. The number of hydrogen-bond donors (Lipinski definition) is 0. The third kappa shape index (κ3) is 2.07. The maximum Gasteiger partial charge on any atom is 0.0434 e. The summed E-state index contributed by atoms with van der Waals surface area (Å²) in [6.45, 7) is 8.75. The van der Waals surface area contributed by atoms with E-state index in [0.717, 1.165) is 0 Å². The summed E-state index contributed by atoms with van der Waals surface area (Å²) in [5.41, 5.74) is 2.44. The Morgan fingerprint density at radius 2 is 1.83 bits per heavy atom. The maximum atomic E-state index is 4.40. The lowest BCUT2D eigenvalue weighted by molar-refractivity contribution is 0.523. The molecule has 0 aromatic carbocycles. The minimum Gasteiger partial charge on any atom is -0.261 e. The summed E-state index contributed by atoms with van der Waals surface area (Å²) >= 11 is 0. The summed E-state index contributed by atoms with van der Waals surface area (Å²) in [5.74, 6) is 1.23. The molecule has 0 spiro atoms. The highest BCUT2D eigenvalue weighted by molar-refractivity contribution is 5.15. The van der Waals surface area contributed by atoms with E-state index in [1.165, 1.54) is 11.3 Å². The van der Waals surface area contributed by atoms with Crippen molar-refractivity contribution in [1.29, 1.82) is 0 Å². The molecule has 0 bridgehead atoms. The maximum absolute atomic E-state index is 4.40. The van der Waals surface area contributed by atoms with Gasteiger partial charge in [0.1, 0.15) is 0 Å². The molecule has 0 amide bonds. The highest BCUT2D eigenvalue weighted by Crippen LogP contribution is 2.21. The number of nitrogens with zero attached hydrogens (tertiary/aromatic N) is 1. The van der Waals surface area contributed by atoms with E-state index in [1.54, 1.807) is 0 Å². The van der Waals surface area contributed by atoms with Crippen LogP contribution in [0, 0.1) is 12.8 Å². The molecule has 1 rings (SSSR count). The van der Waals surface area contributed by atoms with Crippen LogP contribution in [0.15, 0.2) is 18.3 Å². The van der Waals surface area contributed by atoms with E-state index in [9.17, 15) is 0 Å². The zero-order valence-electron chi connectivity index (χ0n) is 8.33. The van der Waals surface area contributed by atoms with Gasteiger partial charge < -0.3 is 0 Å². The zero-order valence-corrected chi connectivity index (χ0v) is 8.33. The van der Waals surface area contributed by atoms with E-state index in [4.69, 9.17) is 0 Å². The Morgan fingerprint density at radius 1 is 1.17 bits per heavy atom. The third-order valence-corrected chi connectivity index (χ3v) is 2.40. The summed E-state index contributed by atoms with van der Waals surface area (Å²) < 4.78 is 0. The molecule has 0 radical (unpaired) electrons. The number of rotatable bonds is 2. The first-order valence-corrected chi connectivity index (χ1v) is 4.54. The van der Waals surface area contributed by atoms with Crippen LogP contribution in [-0.2, 0) is 0 Å². The normalized spacial score (nSPS) is 13.4. The van der Waals surface area contributed by atoms with E-state index in [-0.39, 0.29) is 0 Å². The van der Waals surface area contributed by atoms with Gasteiger partial charge in [-0.3, -0.25) is 4.98 Å². The second-order valence-electron chi connectivity index (χ2n) is 3.79. The molecule has 1 nitrogen and oxygen atoms in total. The lowest BCUT2D eigenvalue weighted by atomic mass is 9.94. The van der Waals surface area contributed by atoms with Crippen LogP contribution in [0.25, 0.3) is 0 Å². The van der Waals surface area contributed by atoms with E-state index < -0.39 is 0 Å². The van der Waals surface area contributed by atoms with Gasteiger partial charge in [0.05, 0.1) is 0 Å². The molecule has 1 heterocycles. The lowest BCUT2D eigenvalue weighted by Gasteiger charge is -2.14. The Morgan fingerprint density at radius 3 is 2.25 bits per heavy atom. The van der Waals surface area contributed by atoms with Gasteiger partial charge in [0, 0.05) is 17.8 Å². The van der Waals surface area contributed by atoms with Crippen molar-refractivity contribution in [2.75, 3.05) is 0 Å². The quantitative estimate of drug-likeness (QED) is 0.652. The summed E-state index contributed by atoms with van der Waals surface area (Å²) in [5, 5.41) is 0. The fourth-order valence-corrected chi connectivity index (χ4v) is 1.09. The Balaban J connectivity index is 2.82. The Kier molecular flexibility index (Phi) is 2.85. The van der Waals surface area contributed by atoms with Crippen molar-refractivity contribution >= 4 is 0 Å². The van der Waals surface area contributed by atoms with E-state index in [2.05, 4.69) is 44.8 Å². The molecule has 0 saturated heterocycles. The molecule has 12 heavy (non-hydrogen) atoms. The van der Waals surface area contributed by atoms with Crippen LogP contribution >= 0.6 is 0 Å². The molecule has 1 unspecified atom stereocenters. The summed E-state index contributed by atoms with van der Waals surface area (Å²) in [6, 6.07) is 4.25. The Hall–Kier alpha value is -0.850. The van der Waals surface area contributed by atoms with Gasteiger partial charge in [-0.15, -0.1) is 0 Å². The summed E-state index contributed by atoms with van der Waals surface area (Å²) in [4.78, 5) is 4.40. The second kappa shape index (κ2) is 3.70. The van der Waals surface area contributed by atoms with Gasteiger partial charge in [0.25, 0.3) is 0 Å². The average molecular weight is 163 g/mol. The van der Waals surface area contributed by atoms with Crippen molar-refractivity contribution in [2.45, 2.75) is 33.6 Å². The molecule has 0 fully saturated rings. The van der Waals surface area contributed by atoms with Crippen LogP contribution in [-0.4, -0.2) is 4.98 Å². The first-order valence-electron chi connectivity index (χ1n) is 4.54. The van der Waals surface area contributed by atoms with Gasteiger partial charge in [-0.05, 0) is 24.5 Å². The van der Waals surface area contributed by atoms with Crippen LogP contribution in [0.5, 0.6) is 0 Å². The summed E-state index contributed by atoms with van der Waals surface area (Å²) in [6.07, 6.45) is 1.94. The van der Waals surface area contributed by atoms with E-state index in [1.807, 2.05) is 6.20 Å². The molecule has 1 atom stereocenters. The molecule has 66 valence electrons. The molecule has 1 aromatic rings. The fourth-order valence-electron chi connectivity index (χ4n) is 1.09. The molecule has 0 aliphatic heterocycles. The van der Waals surface area contributed by atoms with Crippen molar-refractivity contribution in [3.8, 4) is 0 Å². The standard InChI is InChI=1S/C11H17N/c1-8(2)10(4)11-6-5-9(3)7-12-11/h5-8,10H,1-4H3. The third-order valence-electron chi connectivity index (χ3n) is 2.40. The van der Waals surface area contributed by atoms with Crippen molar-refractivity contribution < 1.29 is 0 Å². The topological polar surface area (TPSA) is 12.9 Å². The highest BCUT2D eigenvalue weighted by Gasteiger charge is 2.09. The second-order valence-corrected chi connectivity index (χ2v) is 3.79. The molecule has 0 aliphatic carbocycles. The lowest BCUT2D eigenvalue weighted by Crippen LogP contribution is -2.03. The molecule has 0 aliphatic rings. The monoisotopic (exact) mass is 163 g/mol. The molecule has 1 heteroatoms. The number of aryl methyl sites for hydroxylation is 1. The number of pyridine rings is 1. The molecule has 0 N–H and O–H groups in total. The Labute approximate surface area is 74.8 Å². The van der Waals surface area contributed by atoms with Crippen molar-refractivity contribution in [1.82, 2.24) is 4.98 Å². The highest BCUT2D eigenvalue weighted by atomic mass is 14.7. The molecule has 0 saturated carbocycles. The van der Waals surface area contributed by atoms with Gasteiger partial charge in [0.2, 0.25) is 0 Å². The van der Waals surface area contributed by atoms with Crippen molar-refractivity contribution in [2.24, 2.45) is 5.92 Å². The van der Waals surface area contributed by atoms with E-state index >= 15 is 0 Å². The predicted octanol–water partition coefficient (Wildman–Crippen LogP) is 3.15. The minimum atomic E-state index is 0.561. The SMILES string of the molecule is Cc1ccc(C(C)C(C)C)nc1. The van der Waals surface area contributed by atoms with Gasteiger partial charge in [-0.25, -0.2) is 0 Å². The smallest absolute Gasteiger partial charge is 0.0434 e. The van der Waals surface area contributed by atoms with Gasteiger partial charge in [0.15, 0.2) is 0 Å². The van der Waals surface area contributed by atoms with Crippen LogP contribution in [0.2, 0.25) is 0 Å². The fraction of sp³-hybridized carbons (Fsp3) is 0.545. The van der Waals surface area contributed by atoms with Gasteiger partial charge in [-0.2, -0.15) is 0 Å². The predicted molar refractivity (Wildman–Crippen MR) is 52.2 cm³/mol. The van der Waals surface area contributed by atoms with Crippen LogP contribution in [0.4, 0.5) is 0 Å². The van der Waals surface area contributed by atoms with Crippen LogP contribution < -0.4 is 0 Å². The first-order chi connectivity index (χ1) is 5.61. The van der Waals surface area contributed by atoms with E-state index in [0.29, 0.717) is 11.8 Å². The number of hydrogen-bond acceptors (Lipinski definition) is 1. The average Bonchev–Trinajstić information content (AvgIpc) is 2.04.